The largest absolute Gasteiger partial charge is 0.219 e. The van der Waals surface area contributed by atoms with Gasteiger partial charge in [0.15, 0.2) is 17.5 Å². The van der Waals surface area contributed by atoms with Crippen molar-refractivity contribution in [3.8, 4) is 5.69 Å². The van der Waals surface area contributed by atoms with Crippen LogP contribution in [0.5, 0.6) is 0 Å². The first-order valence-electron chi connectivity index (χ1n) is 5.42. The molecule has 2 nitrogen and oxygen atoms in total. The highest BCUT2D eigenvalue weighted by Crippen LogP contribution is 2.22. The molecule has 0 saturated heterocycles. The van der Waals surface area contributed by atoms with Crippen molar-refractivity contribution >= 4 is 11.6 Å². The van der Waals surface area contributed by atoms with E-state index in [0.29, 0.717) is 18.2 Å². The van der Waals surface area contributed by atoms with Crippen LogP contribution in [0.2, 0.25) is 5.15 Å². The fourth-order valence-corrected chi connectivity index (χ4v) is 1.88. The average molecular weight is 275 g/mol. The summed E-state index contributed by atoms with van der Waals surface area (Å²) in [4.78, 5) is 0. The molecule has 0 amide bonds. The molecule has 0 aliphatic carbocycles. The van der Waals surface area contributed by atoms with Gasteiger partial charge in [-0.1, -0.05) is 24.9 Å². The van der Waals surface area contributed by atoms with Crippen LogP contribution in [-0.2, 0) is 6.42 Å². The predicted molar refractivity (Wildman–Crippen MR) is 62.4 cm³/mol. The third kappa shape index (κ3) is 2.36. The first kappa shape index (κ1) is 13.0. The molecule has 0 aliphatic heterocycles. The first-order valence-corrected chi connectivity index (χ1v) is 5.80. The molecular formula is C12H10ClF3N2. The van der Waals surface area contributed by atoms with E-state index >= 15 is 0 Å². The fourth-order valence-electron chi connectivity index (χ4n) is 1.63. The smallest absolute Gasteiger partial charge is 0.161 e. The van der Waals surface area contributed by atoms with E-state index in [1.54, 1.807) is 6.07 Å². The van der Waals surface area contributed by atoms with Gasteiger partial charge in [-0.3, -0.25) is 0 Å². The lowest BCUT2D eigenvalue weighted by Crippen LogP contribution is -2.03. The Morgan fingerprint density at radius 1 is 1.11 bits per heavy atom. The zero-order valence-electron chi connectivity index (χ0n) is 9.55. The molecule has 0 aliphatic rings. The van der Waals surface area contributed by atoms with E-state index in [4.69, 9.17) is 11.6 Å². The molecule has 1 aromatic heterocycles. The van der Waals surface area contributed by atoms with Crippen molar-refractivity contribution in [1.82, 2.24) is 9.78 Å². The van der Waals surface area contributed by atoms with Crippen LogP contribution < -0.4 is 0 Å². The van der Waals surface area contributed by atoms with Crippen LogP contribution in [0.15, 0.2) is 18.2 Å². The van der Waals surface area contributed by atoms with Crippen LogP contribution in [0.4, 0.5) is 13.2 Å². The Morgan fingerprint density at radius 3 is 2.44 bits per heavy atom. The van der Waals surface area contributed by atoms with Gasteiger partial charge in [-0.15, -0.1) is 0 Å². The second kappa shape index (κ2) is 5.02. The van der Waals surface area contributed by atoms with E-state index in [2.05, 4.69) is 5.10 Å². The predicted octanol–water partition coefficient (Wildman–Crippen LogP) is 3.90. The molecule has 0 N–H and O–H groups in total. The lowest BCUT2D eigenvalue weighted by molar-refractivity contribution is 0.491. The van der Waals surface area contributed by atoms with Crippen molar-refractivity contribution < 1.29 is 13.2 Å². The highest BCUT2D eigenvalue weighted by molar-refractivity contribution is 6.29. The molecule has 0 bridgehead atoms. The number of halogens is 4. The number of aromatic nitrogens is 2. The SMILES string of the molecule is CCCc1cc(Cl)n(-c2cc(F)c(F)cc2F)n1. The molecule has 0 saturated carbocycles. The summed E-state index contributed by atoms with van der Waals surface area (Å²) in [6.45, 7) is 1.96. The van der Waals surface area contributed by atoms with Crippen LogP contribution >= 0.6 is 11.6 Å². The number of hydrogen-bond acceptors (Lipinski definition) is 1. The Bertz CT molecular complexity index is 581. The summed E-state index contributed by atoms with van der Waals surface area (Å²) >= 11 is 5.90. The summed E-state index contributed by atoms with van der Waals surface area (Å²) in [7, 11) is 0. The van der Waals surface area contributed by atoms with Gasteiger partial charge in [0.1, 0.15) is 10.8 Å². The van der Waals surface area contributed by atoms with Crippen molar-refractivity contribution in [2.45, 2.75) is 19.8 Å². The minimum Gasteiger partial charge on any atom is -0.219 e. The summed E-state index contributed by atoms with van der Waals surface area (Å²) < 4.78 is 40.6. The van der Waals surface area contributed by atoms with Crippen LogP contribution in [0, 0.1) is 17.5 Å². The zero-order valence-corrected chi connectivity index (χ0v) is 10.3. The van der Waals surface area contributed by atoms with Gasteiger partial charge >= 0.3 is 0 Å². The molecule has 0 fully saturated rings. The average Bonchev–Trinajstić information content (AvgIpc) is 2.65. The molecule has 2 rings (SSSR count). The zero-order chi connectivity index (χ0) is 13.3. The quantitative estimate of drug-likeness (QED) is 0.776. The van der Waals surface area contributed by atoms with Crippen LogP contribution in [0.1, 0.15) is 19.0 Å². The van der Waals surface area contributed by atoms with Gasteiger partial charge in [0.05, 0.1) is 5.69 Å². The minimum atomic E-state index is -1.24. The summed E-state index contributed by atoms with van der Waals surface area (Å²) in [5.41, 5.74) is 0.466. The van der Waals surface area contributed by atoms with Crippen molar-refractivity contribution in [3.05, 3.63) is 46.5 Å². The molecule has 0 spiro atoms. The Hall–Kier alpha value is -1.49. The van der Waals surface area contributed by atoms with Gasteiger partial charge in [0, 0.05) is 12.1 Å². The third-order valence-corrected chi connectivity index (χ3v) is 2.71. The first-order chi connectivity index (χ1) is 8.52. The standard InChI is InChI=1S/C12H10ClF3N2/c1-2-3-7-4-12(13)18(17-7)11-6-9(15)8(14)5-10(11)16/h4-6H,2-3H2,1H3. The number of nitrogens with zero attached hydrogens (tertiary/aromatic N) is 2. The van der Waals surface area contributed by atoms with Crippen LogP contribution in [-0.4, -0.2) is 9.78 Å². The van der Waals surface area contributed by atoms with Gasteiger partial charge in [-0.05, 0) is 12.5 Å². The summed E-state index contributed by atoms with van der Waals surface area (Å²) in [5.74, 6) is -3.30. The van der Waals surface area contributed by atoms with E-state index in [-0.39, 0.29) is 10.8 Å². The van der Waals surface area contributed by atoms with E-state index in [1.165, 1.54) is 0 Å². The van der Waals surface area contributed by atoms with Crippen molar-refractivity contribution in [3.63, 3.8) is 0 Å². The Kier molecular flexibility index (Phi) is 3.61. The molecule has 1 aromatic carbocycles. The highest BCUT2D eigenvalue weighted by atomic mass is 35.5. The minimum absolute atomic E-state index is 0.156. The van der Waals surface area contributed by atoms with Crippen molar-refractivity contribution in [2.75, 3.05) is 0 Å². The van der Waals surface area contributed by atoms with Gasteiger partial charge in [-0.25, -0.2) is 17.9 Å². The van der Waals surface area contributed by atoms with Gasteiger partial charge in [0.2, 0.25) is 0 Å². The van der Waals surface area contributed by atoms with E-state index in [0.717, 1.165) is 17.2 Å². The molecule has 0 unspecified atom stereocenters. The van der Waals surface area contributed by atoms with E-state index in [9.17, 15) is 13.2 Å². The Labute approximate surface area is 107 Å². The van der Waals surface area contributed by atoms with Crippen molar-refractivity contribution in [1.29, 1.82) is 0 Å². The van der Waals surface area contributed by atoms with Crippen LogP contribution in [0.25, 0.3) is 5.69 Å². The van der Waals surface area contributed by atoms with Gasteiger partial charge in [-0.2, -0.15) is 5.10 Å². The molecule has 0 radical (unpaired) electrons. The normalized spacial score (nSPS) is 10.9. The maximum Gasteiger partial charge on any atom is 0.161 e. The summed E-state index contributed by atoms with van der Waals surface area (Å²) in [6.07, 6.45) is 1.53. The summed E-state index contributed by atoms with van der Waals surface area (Å²) in [6, 6.07) is 2.78. The molecule has 1 heterocycles. The number of aryl methyl sites for hydroxylation is 1. The number of hydrogen-bond donors (Lipinski definition) is 0. The summed E-state index contributed by atoms with van der Waals surface area (Å²) in [5, 5.41) is 4.21. The van der Waals surface area contributed by atoms with Gasteiger partial charge in [0.25, 0.3) is 0 Å². The molecular weight excluding hydrogens is 265 g/mol. The lowest BCUT2D eigenvalue weighted by Gasteiger charge is -2.05. The Balaban J connectivity index is 2.51. The highest BCUT2D eigenvalue weighted by Gasteiger charge is 2.15. The Morgan fingerprint density at radius 2 is 1.78 bits per heavy atom. The number of benzene rings is 1. The lowest BCUT2D eigenvalue weighted by atomic mass is 10.3. The molecule has 2 aromatic rings. The van der Waals surface area contributed by atoms with Crippen LogP contribution in [0.3, 0.4) is 0 Å². The second-order valence-electron chi connectivity index (χ2n) is 3.84. The fraction of sp³-hybridized carbons (Fsp3) is 0.250. The van der Waals surface area contributed by atoms with Gasteiger partial charge < -0.3 is 0 Å². The molecule has 18 heavy (non-hydrogen) atoms. The molecule has 0 atom stereocenters. The number of rotatable bonds is 3. The monoisotopic (exact) mass is 274 g/mol. The third-order valence-electron chi connectivity index (χ3n) is 2.44. The maximum atomic E-state index is 13.6. The van der Waals surface area contributed by atoms with E-state index < -0.39 is 17.5 Å². The second-order valence-corrected chi connectivity index (χ2v) is 4.23. The molecule has 6 heteroatoms. The maximum absolute atomic E-state index is 13.6. The topological polar surface area (TPSA) is 17.8 Å². The van der Waals surface area contributed by atoms with Crippen molar-refractivity contribution in [2.24, 2.45) is 0 Å². The molecule has 96 valence electrons. The van der Waals surface area contributed by atoms with E-state index in [1.807, 2.05) is 6.92 Å².